The molecule has 114 valence electrons. The predicted octanol–water partition coefficient (Wildman–Crippen LogP) is 2.91. The molecular formula is C15H21ClN4O. The van der Waals surface area contributed by atoms with Crippen LogP contribution in [-0.2, 0) is 4.79 Å². The molecule has 2 rings (SSSR count). The van der Waals surface area contributed by atoms with E-state index in [9.17, 15) is 4.79 Å². The molecule has 0 aliphatic rings. The first-order valence-corrected chi connectivity index (χ1v) is 7.57. The van der Waals surface area contributed by atoms with Gasteiger partial charge in [0.25, 0.3) is 0 Å². The van der Waals surface area contributed by atoms with Crippen molar-refractivity contribution in [1.82, 2.24) is 15.3 Å². The van der Waals surface area contributed by atoms with Crippen molar-refractivity contribution in [2.24, 2.45) is 5.73 Å². The Morgan fingerprint density at radius 2 is 2.29 bits per heavy atom. The van der Waals surface area contributed by atoms with Crippen LogP contribution in [0.25, 0.3) is 11.0 Å². The molecule has 1 amide bonds. The lowest BCUT2D eigenvalue weighted by molar-refractivity contribution is -0.121. The highest BCUT2D eigenvalue weighted by Crippen LogP contribution is 2.19. The standard InChI is InChI=1S/C15H21ClN4O/c1-3-11(17)5-7-14(21)18-9(2)15-19-12-6-4-10(16)8-13(12)20-15/h4,6,8-9,11H,3,5,7,17H2,1-2H3,(H,18,21)(H,19,20). The van der Waals surface area contributed by atoms with Gasteiger partial charge in [0, 0.05) is 17.5 Å². The van der Waals surface area contributed by atoms with Gasteiger partial charge in [-0.2, -0.15) is 0 Å². The zero-order chi connectivity index (χ0) is 15.4. The number of carbonyl (C=O) groups is 1. The van der Waals surface area contributed by atoms with Crippen LogP contribution in [0.2, 0.25) is 5.02 Å². The van der Waals surface area contributed by atoms with Gasteiger partial charge in [0.1, 0.15) is 5.82 Å². The maximum atomic E-state index is 11.9. The molecule has 1 aromatic carbocycles. The van der Waals surface area contributed by atoms with E-state index >= 15 is 0 Å². The van der Waals surface area contributed by atoms with Crippen LogP contribution in [0.15, 0.2) is 18.2 Å². The number of hydrogen-bond acceptors (Lipinski definition) is 3. The molecule has 0 saturated carbocycles. The SMILES string of the molecule is CCC(N)CCC(=O)NC(C)c1nc2ccc(Cl)cc2[nH]1. The predicted molar refractivity (Wildman–Crippen MR) is 85.2 cm³/mol. The molecule has 21 heavy (non-hydrogen) atoms. The third-order valence-corrected chi connectivity index (χ3v) is 3.75. The van der Waals surface area contributed by atoms with Crippen LogP contribution in [0.3, 0.4) is 0 Å². The molecule has 5 nitrogen and oxygen atoms in total. The van der Waals surface area contributed by atoms with Gasteiger partial charge >= 0.3 is 0 Å². The van der Waals surface area contributed by atoms with E-state index < -0.39 is 0 Å². The summed E-state index contributed by atoms with van der Waals surface area (Å²) in [5, 5.41) is 3.59. The number of amides is 1. The largest absolute Gasteiger partial charge is 0.346 e. The van der Waals surface area contributed by atoms with Crippen molar-refractivity contribution in [1.29, 1.82) is 0 Å². The van der Waals surface area contributed by atoms with E-state index in [-0.39, 0.29) is 18.0 Å². The van der Waals surface area contributed by atoms with Gasteiger partial charge in [-0.15, -0.1) is 0 Å². The second kappa shape index (κ2) is 6.91. The lowest BCUT2D eigenvalue weighted by Crippen LogP contribution is -2.29. The summed E-state index contributed by atoms with van der Waals surface area (Å²) in [7, 11) is 0. The number of nitrogens with two attached hydrogens (primary N) is 1. The fourth-order valence-corrected chi connectivity index (χ4v) is 2.28. The first-order chi connectivity index (χ1) is 9.99. The van der Waals surface area contributed by atoms with Crippen molar-refractivity contribution in [2.75, 3.05) is 0 Å². The van der Waals surface area contributed by atoms with Crippen LogP contribution in [-0.4, -0.2) is 21.9 Å². The zero-order valence-corrected chi connectivity index (χ0v) is 13.1. The fourth-order valence-electron chi connectivity index (χ4n) is 2.11. The molecule has 0 fully saturated rings. The van der Waals surface area contributed by atoms with E-state index in [0.29, 0.717) is 17.9 Å². The number of aromatic nitrogens is 2. The highest BCUT2D eigenvalue weighted by molar-refractivity contribution is 6.31. The molecule has 1 heterocycles. The van der Waals surface area contributed by atoms with Crippen molar-refractivity contribution in [2.45, 2.75) is 45.2 Å². The van der Waals surface area contributed by atoms with E-state index in [2.05, 4.69) is 15.3 Å². The average molecular weight is 309 g/mol. The number of H-pyrrole nitrogens is 1. The summed E-state index contributed by atoms with van der Waals surface area (Å²) in [5.41, 5.74) is 7.52. The molecule has 4 N–H and O–H groups in total. The molecule has 2 aromatic rings. The number of benzene rings is 1. The quantitative estimate of drug-likeness (QED) is 0.767. The van der Waals surface area contributed by atoms with Gasteiger partial charge in [-0.1, -0.05) is 18.5 Å². The Labute approximate surface area is 129 Å². The lowest BCUT2D eigenvalue weighted by atomic mass is 10.1. The van der Waals surface area contributed by atoms with Gasteiger partial charge in [0.15, 0.2) is 0 Å². The maximum Gasteiger partial charge on any atom is 0.220 e. The summed E-state index contributed by atoms with van der Waals surface area (Å²) >= 11 is 5.95. The summed E-state index contributed by atoms with van der Waals surface area (Å²) in [5.74, 6) is 0.713. The third-order valence-electron chi connectivity index (χ3n) is 3.52. The van der Waals surface area contributed by atoms with Crippen LogP contribution in [0, 0.1) is 0 Å². The van der Waals surface area contributed by atoms with Gasteiger partial charge < -0.3 is 16.0 Å². The Hall–Kier alpha value is -1.59. The molecule has 0 radical (unpaired) electrons. The number of fused-ring (bicyclic) bond motifs is 1. The van der Waals surface area contributed by atoms with E-state index in [4.69, 9.17) is 17.3 Å². The Bertz CT molecular complexity index is 625. The Balaban J connectivity index is 1.98. The van der Waals surface area contributed by atoms with Crippen molar-refractivity contribution in [3.63, 3.8) is 0 Å². The molecule has 0 aliphatic carbocycles. The average Bonchev–Trinajstić information content (AvgIpc) is 2.87. The number of imidazole rings is 1. The Morgan fingerprint density at radius 3 is 3.00 bits per heavy atom. The smallest absolute Gasteiger partial charge is 0.220 e. The molecule has 0 spiro atoms. The van der Waals surface area contributed by atoms with Gasteiger partial charge in [0.2, 0.25) is 5.91 Å². The first-order valence-electron chi connectivity index (χ1n) is 7.19. The summed E-state index contributed by atoms with van der Waals surface area (Å²) < 4.78 is 0. The highest BCUT2D eigenvalue weighted by atomic mass is 35.5. The van der Waals surface area contributed by atoms with E-state index in [1.54, 1.807) is 6.07 Å². The summed E-state index contributed by atoms with van der Waals surface area (Å²) in [6.07, 6.45) is 2.02. The zero-order valence-electron chi connectivity index (χ0n) is 12.3. The number of rotatable bonds is 6. The van der Waals surface area contributed by atoms with E-state index in [0.717, 1.165) is 23.3 Å². The van der Waals surface area contributed by atoms with Crippen molar-refractivity contribution in [3.8, 4) is 0 Å². The molecule has 0 bridgehead atoms. The molecular weight excluding hydrogens is 288 g/mol. The van der Waals surface area contributed by atoms with Gasteiger partial charge in [-0.3, -0.25) is 4.79 Å². The number of nitrogens with one attached hydrogen (secondary N) is 2. The maximum absolute atomic E-state index is 11.9. The van der Waals surface area contributed by atoms with Crippen LogP contribution < -0.4 is 11.1 Å². The van der Waals surface area contributed by atoms with Crippen LogP contribution in [0.4, 0.5) is 0 Å². The third kappa shape index (κ3) is 4.19. The summed E-state index contributed by atoms with van der Waals surface area (Å²) in [4.78, 5) is 19.5. The van der Waals surface area contributed by atoms with E-state index in [1.165, 1.54) is 0 Å². The van der Waals surface area contributed by atoms with Crippen molar-refractivity contribution >= 4 is 28.5 Å². The second-order valence-corrected chi connectivity index (χ2v) is 5.72. The molecule has 6 heteroatoms. The van der Waals surface area contributed by atoms with Crippen LogP contribution in [0.1, 0.15) is 45.0 Å². The second-order valence-electron chi connectivity index (χ2n) is 5.28. The molecule has 0 aliphatic heterocycles. The molecule has 2 unspecified atom stereocenters. The Kier molecular flexibility index (Phi) is 5.20. The van der Waals surface area contributed by atoms with Crippen molar-refractivity contribution in [3.05, 3.63) is 29.0 Å². The number of aromatic amines is 1. The monoisotopic (exact) mass is 308 g/mol. The number of halogens is 1. The normalized spacial score (nSPS) is 14.1. The summed E-state index contributed by atoms with van der Waals surface area (Å²) in [6.45, 7) is 3.92. The van der Waals surface area contributed by atoms with Gasteiger partial charge in [-0.25, -0.2) is 4.98 Å². The van der Waals surface area contributed by atoms with Crippen LogP contribution >= 0.6 is 11.6 Å². The first kappa shape index (κ1) is 15.8. The molecule has 2 atom stereocenters. The Morgan fingerprint density at radius 1 is 1.52 bits per heavy atom. The molecule has 0 saturated heterocycles. The minimum absolute atomic E-state index is 0.00936. The summed E-state index contributed by atoms with van der Waals surface area (Å²) in [6, 6.07) is 5.37. The number of nitrogens with zero attached hydrogens (tertiary/aromatic N) is 1. The molecule has 1 aromatic heterocycles. The number of hydrogen-bond donors (Lipinski definition) is 3. The minimum Gasteiger partial charge on any atom is -0.346 e. The van der Waals surface area contributed by atoms with E-state index in [1.807, 2.05) is 26.0 Å². The fraction of sp³-hybridized carbons (Fsp3) is 0.467. The number of carbonyl (C=O) groups excluding carboxylic acids is 1. The van der Waals surface area contributed by atoms with Crippen LogP contribution in [0.5, 0.6) is 0 Å². The minimum atomic E-state index is -0.179. The topological polar surface area (TPSA) is 83.8 Å². The lowest BCUT2D eigenvalue weighted by Gasteiger charge is -2.13. The highest BCUT2D eigenvalue weighted by Gasteiger charge is 2.14. The van der Waals surface area contributed by atoms with Gasteiger partial charge in [-0.05, 0) is 38.0 Å². The van der Waals surface area contributed by atoms with Crippen molar-refractivity contribution < 1.29 is 4.79 Å². The van der Waals surface area contributed by atoms with Gasteiger partial charge in [0.05, 0.1) is 17.1 Å².